The van der Waals surface area contributed by atoms with Crippen LogP contribution in [-0.4, -0.2) is 58.6 Å². The number of phosphoric acid groups is 1. The number of ether oxygens (including phenoxy) is 1. The van der Waals surface area contributed by atoms with E-state index in [1.54, 1.807) is 0 Å². The van der Waals surface area contributed by atoms with Crippen molar-refractivity contribution in [3.8, 4) is 0 Å². The molecular weight excluding hydrogens is 355 g/mol. The third-order valence-electron chi connectivity index (χ3n) is 3.34. The minimum atomic E-state index is -4.70. The first-order valence-electron chi connectivity index (χ1n) is 6.36. The molecule has 1 fully saturated rings. The Hall–Kier alpha value is -1.33. The van der Waals surface area contributed by atoms with E-state index < -0.39 is 43.8 Å². The smallest absolute Gasteiger partial charge is 0.389 e. The van der Waals surface area contributed by atoms with Crippen molar-refractivity contribution in [3.05, 3.63) is 23.0 Å². The summed E-state index contributed by atoms with van der Waals surface area (Å²) in [6.45, 7) is -0.550. The van der Waals surface area contributed by atoms with Crippen LogP contribution >= 0.6 is 19.4 Å². The monoisotopic (exact) mass is 366 g/mol. The molecule has 0 bridgehead atoms. The summed E-state index contributed by atoms with van der Waals surface area (Å²) in [6.07, 6.45) is -0.767. The normalized spacial score (nSPS) is 28.5. The van der Waals surface area contributed by atoms with E-state index in [2.05, 4.69) is 19.5 Å². The third-order valence-corrected chi connectivity index (χ3v) is 4.30. The summed E-state index contributed by atoms with van der Waals surface area (Å²) < 4.78 is 21.9. The molecule has 1 saturated heterocycles. The molecule has 0 amide bonds. The van der Waals surface area contributed by atoms with Gasteiger partial charge < -0.3 is 24.6 Å². The zero-order valence-electron chi connectivity index (χ0n) is 11.3. The Morgan fingerprint density at radius 2 is 2.22 bits per heavy atom. The Bertz CT molecular complexity index is 819. The van der Waals surface area contributed by atoms with Gasteiger partial charge in [0, 0.05) is 0 Å². The van der Waals surface area contributed by atoms with E-state index in [1.165, 1.54) is 17.2 Å². The first-order chi connectivity index (χ1) is 10.8. The number of H-pyrrole nitrogens is 1. The van der Waals surface area contributed by atoms with Gasteiger partial charge in [-0.15, -0.1) is 11.6 Å². The number of aromatic nitrogens is 4. The standard InChI is InChI=1S/C10H12ClN4O7P/c11-5-7(16)4(1-21-23(18,19)20)22-10(5)15-3-14-6-8(15)12-2-13-9(6)17/h2-5,7,10,16H,1H2,(H,12,13,17)(H2,18,19,20). The van der Waals surface area contributed by atoms with Crippen molar-refractivity contribution in [2.24, 2.45) is 0 Å². The summed E-state index contributed by atoms with van der Waals surface area (Å²) in [5, 5.41) is 9.08. The van der Waals surface area contributed by atoms with Crippen molar-refractivity contribution in [2.45, 2.75) is 23.8 Å². The molecule has 2 aromatic rings. The SMILES string of the molecule is O=c1[nH]cnc2c1ncn2C1OC(COP(=O)(O)O)C(O)C1Cl. The fourth-order valence-corrected chi connectivity index (χ4v) is 2.97. The van der Waals surface area contributed by atoms with Crippen LogP contribution in [-0.2, 0) is 13.8 Å². The summed E-state index contributed by atoms with van der Waals surface area (Å²) in [5.74, 6) is 0. The highest BCUT2D eigenvalue weighted by atomic mass is 35.5. The predicted molar refractivity (Wildman–Crippen MR) is 75.7 cm³/mol. The molecule has 0 spiro atoms. The van der Waals surface area contributed by atoms with Gasteiger partial charge in [0.05, 0.1) is 19.3 Å². The molecule has 23 heavy (non-hydrogen) atoms. The highest BCUT2D eigenvalue weighted by Crippen LogP contribution is 2.39. The molecule has 0 radical (unpaired) electrons. The van der Waals surface area contributed by atoms with Crippen LogP contribution in [0.15, 0.2) is 17.4 Å². The summed E-state index contributed by atoms with van der Waals surface area (Å²) in [6, 6.07) is 0. The van der Waals surface area contributed by atoms with Gasteiger partial charge in [0.1, 0.15) is 17.6 Å². The van der Waals surface area contributed by atoms with Gasteiger partial charge in [0.25, 0.3) is 5.56 Å². The number of nitrogens with zero attached hydrogens (tertiary/aromatic N) is 3. The lowest BCUT2D eigenvalue weighted by atomic mass is 10.2. The average molecular weight is 367 g/mol. The molecule has 0 aliphatic carbocycles. The van der Waals surface area contributed by atoms with E-state index in [9.17, 15) is 14.5 Å². The van der Waals surface area contributed by atoms with E-state index in [-0.39, 0.29) is 11.2 Å². The molecule has 4 atom stereocenters. The number of nitrogens with one attached hydrogen (secondary N) is 1. The number of aliphatic hydroxyl groups is 1. The number of rotatable bonds is 4. The minimum absolute atomic E-state index is 0.0735. The fraction of sp³-hybridized carbons (Fsp3) is 0.500. The molecule has 126 valence electrons. The highest BCUT2D eigenvalue weighted by Gasteiger charge is 2.45. The van der Waals surface area contributed by atoms with Crippen LogP contribution in [0.4, 0.5) is 0 Å². The Labute approximate surface area is 133 Å². The van der Waals surface area contributed by atoms with Crippen molar-refractivity contribution in [2.75, 3.05) is 6.61 Å². The number of halogens is 1. The summed E-state index contributed by atoms with van der Waals surface area (Å²) in [7, 11) is -4.70. The van der Waals surface area contributed by atoms with Gasteiger partial charge >= 0.3 is 7.82 Å². The second kappa shape index (κ2) is 5.95. The van der Waals surface area contributed by atoms with Crippen LogP contribution in [0.25, 0.3) is 11.2 Å². The van der Waals surface area contributed by atoms with Crippen molar-refractivity contribution in [1.29, 1.82) is 0 Å². The third kappa shape index (κ3) is 3.17. The summed E-state index contributed by atoms with van der Waals surface area (Å²) >= 11 is 6.12. The van der Waals surface area contributed by atoms with Crippen LogP contribution in [0, 0.1) is 0 Å². The minimum Gasteiger partial charge on any atom is -0.389 e. The molecule has 3 heterocycles. The van der Waals surface area contributed by atoms with Gasteiger partial charge in [-0.25, -0.2) is 14.5 Å². The van der Waals surface area contributed by atoms with Gasteiger partial charge in [-0.3, -0.25) is 13.9 Å². The van der Waals surface area contributed by atoms with E-state index >= 15 is 0 Å². The molecule has 1 aliphatic rings. The van der Waals surface area contributed by atoms with E-state index in [4.69, 9.17) is 26.1 Å². The van der Waals surface area contributed by atoms with Gasteiger partial charge in [0.2, 0.25) is 0 Å². The Morgan fingerprint density at radius 1 is 1.48 bits per heavy atom. The maximum Gasteiger partial charge on any atom is 0.469 e. The number of imidazole rings is 1. The lowest BCUT2D eigenvalue weighted by Crippen LogP contribution is -2.30. The van der Waals surface area contributed by atoms with Crippen LogP contribution in [0.5, 0.6) is 0 Å². The maximum atomic E-state index is 11.6. The molecule has 3 rings (SSSR count). The lowest BCUT2D eigenvalue weighted by molar-refractivity contribution is -0.0423. The second-order valence-corrected chi connectivity index (χ2v) is 6.59. The predicted octanol–water partition coefficient (Wildman–Crippen LogP) is -0.905. The molecule has 0 saturated carbocycles. The largest absolute Gasteiger partial charge is 0.469 e. The number of hydrogen-bond donors (Lipinski definition) is 4. The summed E-state index contributed by atoms with van der Waals surface area (Å²) in [4.78, 5) is 39.3. The average Bonchev–Trinajstić information content (AvgIpc) is 3.01. The molecule has 13 heteroatoms. The highest BCUT2D eigenvalue weighted by molar-refractivity contribution is 7.46. The van der Waals surface area contributed by atoms with E-state index in [0.717, 1.165) is 0 Å². The Balaban J connectivity index is 1.87. The number of hydrogen-bond acceptors (Lipinski definition) is 7. The molecule has 11 nitrogen and oxygen atoms in total. The number of aliphatic hydroxyl groups excluding tert-OH is 1. The van der Waals surface area contributed by atoms with Crippen LogP contribution in [0.3, 0.4) is 0 Å². The Kier molecular flexibility index (Phi) is 4.27. The van der Waals surface area contributed by atoms with Gasteiger partial charge in [-0.2, -0.15) is 0 Å². The molecular formula is C10H12ClN4O7P. The number of alkyl halides is 1. The molecule has 0 aromatic carbocycles. The zero-order valence-corrected chi connectivity index (χ0v) is 13.0. The topological polar surface area (TPSA) is 160 Å². The van der Waals surface area contributed by atoms with Crippen LogP contribution in [0.1, 0.15) is 6.23 Å². The Morgan fingerprint density at radius 3 is 2.91 bits per heavy atom. The van der Waals surface area contributed by atoms with Crippen LogP contribution < -0.4 is 5.56 Å². The van der Waals surface area contributed by atoms with Crippen molar-refractivity contribution in [1.82, 2.24) is 19.5 Å². The zero-order chi connectivity index (χ0) is 16.8. The quantitative estimate of drug-likeness (QED) is 0.397. The molecule has 4 unspecified atom stereocenters. The van der Waals surface area contributed by atoms with Crippen molar-refractivity contribution >= 4 is 30.6 Å². The first-order valence-corrected chi connectivity index (χ1v) is 8.32. The molecule has 4 N–H and O–H groups in total. The second-order valence-electron chi connectivity index (χ2n) is 4.84. The number of fused-ring (bicyclic) bond motifs is 1. The number of phosphoric ester groups is 1. The maximum absolute atomic E-state index is 11.6. The van der Waals surface area contributed by atoms with Gasteiger partial charge in [0.15, 0.2) is 17.4 Å². The van der Waals surface area contributed by atoms with Gasteiger partial charge in [-0.05, 0) is 0 Å². The van der Waals surface area contributed by atoms with E-state index in [0.29, 0.717) is 0 Å². The lowest BCUT2D eigenvalue weighted by Gasteiger charge is -2.16. The molecule has 2 aromatic heterocycles. The van der Waals surface area contributed by atoms with Crippen molar-refractivity contribution in [3.63, 3.8) is 0 Å². The number of aromatic amines is 1. The van der Waals surface area contributed by atoms with Crippen molar-refractivity contribution < 1.29 is 28.7 Å². The van der Waals surface area contributed by atoms with Gasteiger partial charge in [-0.1, -0.05) is 0 Å². The van der Waals surface area contributed by atoms with Crippen LogP contribution in [0.2, 0.25) is 0 Å². The fourth-order valence-electron chi connectivity index (χ4n) is 2.29. The summed E-state index contributed by atoms with van der Waals surface area (Å²) in [5.41, 5.74) is -0.169. The first kappa shape index (κ1) is 16.5. The van der Waals surface area contributed by atoms with E-state index in [1.807, 2.05) is 0 Å². The molecule has 1 aliphatic heterocycles.